The summed E-state index contributed by atoms with van der Waals surface area (Å²) in [7, 11) is 0. The van der Waals surface area contributed by atoms with E-state index in [1.165, 1.54) is 81.2 Å². The maximum absolute atomic E-state index is 13.1. The van der Waals surface area contributed by atoms with Crippen molar-refractivity contribution in [3.8, 4) is 51.7 Å². The van der Waals surface area contributed by atoms with Crippen LogP contribution in [-0.4, -0.2) is 53.1 Å². The van der Waals surface area contributed by atoms with Crippen molar-refractivity contribution in [3.63, 3.8) is 0 Å². The zero-order valence-electron chi connectivity index (χ0n) is 79.7. The van der Waals surface area contributed by atoms with Gasteiger partial charge in [-0.25, -0.2) is 23.5 Å². The number of hydrogen-bond acceptors (Lipinski definition) is 18. The second kappa shape index (κ2) is 59.2. The summed E-state index contributed by atoms with van der Waals surface area (Å²) < 4.78 is 77.8. The van der Waals surface area contributed by atoms with Crippen molar-refractivity contribution < 1.29 is 85.8 Å². The van der Waals surface area contributed by atoms with Crippen LogP contribution in [0.2, 0.25) is 5.02 Å². The Morgan fingerprint density at radius 1 is 0.236 bits per heavy atom. The van der Waals surface area contributed by atoms with Crippen molar-refractivity contribution in [3.05, 3.63) is 448 Å². The fourth-order valence-corrected chi connectivity index (χ4v) is 15.1. The molecule has 0 heterocycles. The number of nitrogens with one attached hydrogen (secondary N) is 3. The number of benzene rings is 15. The third-order valence-corrected chi connectivity index (χ3v) is 22.7. The number of halogens is 3. The van der Waals surface area contributed by atoms with E-state index in [4.69, 9.17) is 164 Å². The molecule has 15 rings (SSSR count). The Hall–Kier alpha value is -14.0. The summed E-state index contributed by atoms with van der Waals surface area (Å²) in [5, 5.41) is 11.5. The van der Waals surface area contributed by atoms with Gasteiger partial charge in [-0.1, -0.05) is 191 Å². The Morgan fingerprint density at radius 3 is 0.639 bits per heavy atom. The van der Waals surface area contributed by atoms with E-state index in [0.29, 0.717) is 79.6 Å². The Balaban J connectivity index is 0.000000180. The van der Waals surface area contributed by atoms with Crippen LogP contribution in [0.4, 0.5) is 42.9 Å². The molecule has 0 bridgehead atoms. The molecule has 0 atom stereocenters. The molecule has 15 aromatic rings. The lowest BCUT2D eigenvalue weighted by Gasteiger charge is -2.25. The predicted molar refractivity (Wildman–Crippen MR) is 607 cm³/mol. The predicted octanol–water partition coefficient (Wildman–Crippen LogP) is 21.0. The Labute approximate surface area is 891 Å². The van der Waals surface area contributed by atoms with Crippen molar-refractivity contribution in [1.82, 2.24) is 0 Å². The molecule has 33 heteroatoms. The van der Waals surface area contributed by atoms with Crippen molar-refractivity contribution in [2.45, 2.75) is 73.8 Å². The first-order chi connectivity index (χ1) is 69.5. The Kier molecular flexibility index (Phi) is 46.0. The molecule has 0 aromatic heterocycles. The first kappa shape index (κ1) is 112. The molecule has 21 nitrogen and oxygen atoms in total. The minimum atomic E-state index is -0.390. The third-order valence-electron chi connectivity index (χ3n) is 20.3. The van der Waals surface area contributed by atoms with Crippen LogP contribution in [0.5, 0.6) is 51.7 Å². The topological polar surface area (TPSA) is 295 Å². The largest absolute Gasteiger partial charge is 0.432 e. The molecule has 0 radical (unpaired) electrons. The van der Waals surface area contributed by atoms with E-state index < -0.39 is 0 Å². The summed E-state index contributed by atoms with van der Waals surface area (Å²) in [5.74, 6) is 4.58. The smallest absolute Gasteiger partial charge is 0.277 e. The molecule has 0 fully saturated rings. The average Bonchev–Trinajstić information content (AvgIpc) is 0.807. The van der Waals surface area contributed by atoms with E-state index in [9.17, 15) is 8.78 Å². The Morgan fingerprint density at radius 2 is 0.424 bits per heavy atom. The number of aryl methyl sites for hydroxylation is 5. The van der Waals surface area contributed by atoms with Gasteiger partial charge >= 0.3 is 0 Å². The van der Waals surface area contributed by atoms with E-state index in [2.05, 4.69) is 50.4 Å². The number of rotatable bonds is 22. The normalized spacial score (nSPS) is 10.2. The maximum Gasteiger partial charge on any atom is 0.277 e. The molecule has 0 spiro atoms. The van der Waals surface area contributed by atoms with Gasteiger partial charge < -0.3 is 93.0 Å². The number of ether oxygens (including phenoxy) is 9. The average molecular weight is 2120 g/mol. The quantitative estimate of drug-likeness (QED) is 0.0285. The molecule has 0 unspecified atom stereocenters. The minimum Gasteiger partial charge on any atom is -0.432 e. The van der Waals surface area contributed by atoms with Crippen LogP contribution in [0.25, 0.3) is 0 Å². The molecule has 144 heavy (non-hydrogen) atoms. The highest BCUT2D eigenvalue weighted by atomic mass is 35.5. The zero-order valence-corrected chi connectivity index (χ0v) is 87.8. The van der Waals surface area contributed by atoms with Crippen LogP contribution < -0.4 is 108 Å². The van der Waals surface area contributed by atoms with Gasteiger partial charge in [0.2, 0.25) is 0 Å². The van der Waals surface area contributed by atoms with Gasteiger partial charge in [-0.15, -0.1) is 0 Å². The molecular formula is C111H111ClF2N12O9S9+6. The van der Waals surface area contributed by atoms with Crippen molar-refractivity contribution in [2.24, 2.45) is 0 Å². The van der Waals surface area contributed by atoms with Crippen molar-refractivity contribution in [1.29, 1.82) is 0 Å². The number of nitrogens with zero attached hydrogens (tertiary/aromatic N) is 3. The van der Waals surface area contributed by atoms with E-state index >= 15 is 0 Å². The van der Waals surface area contributed by atoms with E-state index in [1.54, 1.807) is 46.2 Å². The zero-order chi connectivity index (χ0) is 103. The highest BCUT2D eigenvalue weighted by Crippen LogP contribution is 2.29. The van der Waals surface area contributed by atoms with Gasteiger partial charge in [0.15, 0.2) is 0 Å². The van der Waals surface area contributed by atoms with Crippen LogP contribution in [0.3, 0.4) is 0 Å². The van der Waals surface area contributed by atoms with Crippen LogP contribution in [0.15, 0.2) is 370 Å². The van der Waals surface area contributed by atoms with Crippen molar-refractivity contribution in [2.75, 3.05) is 37.2 Å². The summed E-state index contributed by atoms with van der Waals surface area (Å²) in [5.41, 5.74) is 40.7. The van der Waals surface area contributed by atoms with Crippen LogP contribution >= 0.6 is 122 Å². The molecule has 21 N–H and O–H groups in total. The summed E-state index contributed by atoms with van der Waals surface area (Å²) >= 11 is 54.4. The lowest BCUT2D eigenvalue weighted by Crippen LogP contribution is -2.51. The van der Waals surface area contributed by atoms with Gasteiger partial charge in [-0.05, 0) is 369 Å². The van der Waals surface area contributed by atoms with Gasteiger partial charge in [-0.3, -0.25) is 0 Å². The lowest BCUT2D eigenvalue weighted by atomic mass is 10.1. The molecule has 0 saturated heterocycles. The first-order valence-corrected chi connectivity index (χ1v) is 49.2. The highest BCUT2D eigenvalue weighted by molar-refractivity contribution is 7.83. The maximum atomic E-state index is 13.1. The first-order valence-electron chi connectivity index (χ1n) is 45.1. The SMILES string of the molecule is Cc1ccc(OC(=S)N(C(=S)Oc2ccc(C)cc2)c2ccc(CC[NH3+])cc2)cc1.Cc1ccc(OC(=S)N(C(=S)Oc2ccc(C)cc2)c2ccc(C[NH3+])cc2)cc1.Cc1ccc(OC(=S)Nc2ccc(C[NH3+])cc2)cc1.[NH3+]Cc1ccc(N(C(=S)Oc2ccc(F)cc2)C(=S)Oc2ccc(F)cc2)cc1.[NH3+]Cc1ccc(NC(=S)Oc2ccc(Cl)cc2)cc1.[NH3+]Cc1ccc(NC(=S)Oc2ccccc2)cc1. The second-order valence-electron chi connectivity index (χ2n) is 31.4. The number of thiocarbonyl (C=S) groups is 9. The number of hydrogen-bond donors (Lipinski definition) is 9. The number of anilines is 6. The molecule has 0 aliphatic rings. The van der Waals surface area contributed by atoms with Gasteiger partial charge in [-0.2, -0.15) is 0 Å². The molecule has 0 saturated carbocycles. The highest BCUT2D eigenvalue weighted by Gasteiger charge is 2.26. The molecule has 0 aliphatic heterocycles. The summed E-state index contributed by atoms with van der Waals surface area (Å²) in [6.45, 7) is 14.6. The summed E-state index contributed by atoms with van der Waals surface area (Å²) in [6.07, 6.45) is 0.912. The molecule has 0 aliphatic carbocycles. The van der Waals surface area contributed by atoms with Gasteiger partial charge in [0.25, 0.3) is 46.6 Å². The minimum absolute atomic E-state index is 0.00825. The fourth-order valence-electron chi connectivity index (χ4n) is 12.4. The summed E-state index contributed by atoms with van der Waals surface area (Å²) in [6, 6.07) is 113. The molecule has 738 valence electrons. The molecule has 0 amide bonds. The second-order valence-corrected chi connectivity index (χ2v) is 35.1. The standard InChI is InChI=1S/C24H24N2O2S2.C23H22N2O2S2.C21H16F2N2O2S2.C15H16N2OS.C14H13ClN2OS.C14H14N2OS/c1-17-3-11-21(12-4-17)27-23(29)26(20-9-7-19(8-10-20)15-16-25)24(30)28-22-13-5-18(2)6-14-22;1-16-3-11-20(12-4-16)26-22(28)25(19-9-7-18(15-24)8-10-19)23(29)27-21-13-5-17(2)6-14-21;22-15-3-9-18(10-4-15)26-20(28)25(17-7-1-14(13-24)2-8-17)21(29)27-19-11-5-16(23)6-12-19;1-11-2-8-14(9-3-11)18-15(19)17-13-6-4-12(10-16)5-7-13;15-11-3-7-13(8-4-11)18-14(19)17-12-5-1-10(9-16)2-6-12;15-10-11-6-8-12(9-7-11)16-14(18)17-13-4-2-1-3-5-13/h3-14H,15-16,25H2,1-2H3;3-14H,15,24H2,1-2H3;1-12H,13,24H2;2-9H,10,16H2,1H3,(H,17,19);1-8H,9,16H2,(H,17,19);1-9H,10,15H2,(H,16,18)/p+6. The Bertz CT molecular complexity index is 6220. The molecule has 15 aromatic carbocycles. The van der Waals surface area contributed by atoms with Gasteiger partial charge in [0, 0.05) is 56.3 Å². The van der Waals surface area contributed by atoms with E-state index in [1.807, 2.05) is 320 Å². The van der Waals surface area contributed by atoms with Gasteiger partial charge in [0.05, 0.1) is 56.3 Å². The lowest BCUT2D eigenvalue weighted by molar-refractivity contribution is -0.386. The number of quaternary nitrogens is 6. The van der Waals surface area contributed by atoms with Crippen LogP contribution in [0, 0.1) is 46.3 Å². The van der Waals surface area contributed by atoms with Crippen molar-refractivity contribution >= 4 is 202 Å². The number of para-hydroxylation sites is 1. The molecular weight excluding hydrogens is 2010 g/mol. The third kappa shape index (κ3) is 38.7. The van der Waals surface area contributed by atoms with Crippen LogP contribution in [0.1, 0.15) is 61.2 Å². The van der Waals surface area contributed by atoms with Crippen LogP contribution in [-0.2, 0) is 39.1 Å². The van der Waals surface area contributed by atoms with E-state index in [0.717, 1.165) is 106 Å². The monoisotopic (exact) mass is 2120 g/mol. The fraction of sp³-hybridized carbons (Fsp3) is 0.108. The summed E-state index contributed by atoms with van der Waals surface area (Å²) in [4.78, 5) is 4.65. The van der Waals surface area contributed by atoms with Gasteiger partial charge in [0.1, 0.15) is 63.4 Å². The van der Waals surface area contributed by atoms with E-state index in [-0.39, 0.29) is 42.7 Å².